The minimum atomic E-state index is -1.06. The minimum Gasteiger partial charge on any atom is -0.481 e. The second-order valence-electron chi connectivity index (χ2n) is 1.70. The van der Waals surface area contributed by atoms with Gasteiger partial charge in [0.2, 0.25) is 0 Å². The highest BCUT2D eigenvalue weighted by Crippen LogP contribution is 1.99. The zero-order chi connectivity index (χ0) is 8.15. The molecule has 56 valence electrons. The number of carbonyl (C=O) groups is 2. The van der Waals surface area contributed by atoms with Gasteiger partial charge in [0, 0.05) is 6.92 Å². The van der Waals surface area contributed by atoms with Crippen molar-refractivity contribution in [3.63, 3.8) is 0 Å². The number of rotatable bonds is 3. The Balaban J connectivity index is 3.65. The summed E-state index contributed by atoms with van der Waals surface area (Å²) in [5, 5.41) is 8.14. The number of carboxylic acid groups (broad SMARTS) is 1. The largest absolute Gasteiger partial charge is 0.481 e. The fraction of sp³-hybridized carbons (Fsp3) is 0.333. The molecule has 0 aliphatic heterocycles. The number of esters is 1. The van der Waals surface area contributed by atoms with Crippen molar-refractivity contribution in [3.05, 3.63) is 12.3 Å². The Labute approximate surface area is 58.1 Å². The maximum Gasteiger partial charge on any atom is 0.311 e. The Bertz CT molecular complexity index is 153. The molecule has 0 radical (unpaired) electrons. The molecule has 0 atom stereocenters. The molecule has 4 heteroatoms. The fourth-order valence-corrected chi connectivity index (χ4v) is 0.408. The van der Waals surface area contributed by atoms with Crippen LogP contribution in [0.15, 0.2) is 12.3 Å². The van der Waals surface area contributed by atoms with Crippen LogP contribution in [0, 0.1) is 0 Å². The molecule has 0 amide bonds. The van der Waals surface area contributed by atoms with Gasteiger partial charge < -0.3 is 9.84 Å². The SMILES string of the molecule is C=C(CC(=O)O)OC(C)=O. The first kappa shape index (κ1) is 8.68. The van der Waals surface area contributed by atoms with Gasteiger partial charge in [-0.3, -0.25) is 9.59 Å². The number of hydrogen-bond acceptors (Lipinski definition) is 3. The van der Waals surface area contributed by atoms with Crippen LogP contribution in [0.4, 0.5) is 0 Å². The molecule has 0 unspecified atom stereocenters. The predicted molar refractivity (Wildman–Crippen MR) is 33.2 cm³/mol. The van der Waals surface area contributed by atoms with Crippen LogP contribution in [-0.2, 0) is 14.3 Å². The zero-order valence-electron chi connectivity index (χ0n) is 5.59. The monoisotopic (exact) mass is 144 g/mol. The second kappa shape index (κ2) is 3.66. The van der Waals surface area contributed by atoms with Gasteiger partial charge in [0.1, 0.15) is 12.2 Å². The van der Waals surface area contributed by atoms with Gasteiger partial charge in [-0.1, -0.05) is 6.58 Å². The van der Waals surface area contributed by atoms with Gasteiger partial charge in [-0.25, -0.2) is 0 Å². The molecule has 0 aliphatic rings. The number of hydrogen-bond donors (Lipinski definition) is 1. The molecule has 0 aromatic heterocycles. The molecule has 0 rings (SSSR count). The smallest absolute Gasteiger partial charge is 0.311 e. The number of ether oxygens (including phenoxy) is 1. The Morgan fingerprint density at radius 1 is 1.60 bits per heavy atom. The highest BCUT2D eigenvalue weighted by atomic mass is 16.5. The Morgan fingerprint density at radius 3 is 2.40 bits per heavy atom. The van der Waals surface area contributed by atoms with Crippen LogP contribution in [0.1, 0.15) is 13.3 Å². The van der Waals surface area contributed by atoms with E-state index in [2.05, 4.69) is 11.3 Å². The van der Waals surface area contributed by atoms with Crippen molar-refractivity contribution in [1.29, 1.82) is 0 Å². The standard InChI is InChI=1S/C6H8O4/c1-4(3-6(8)9)10-5(2)7/h1,3H2,2H3,(H,8,9). The molecule has 0 spiro atoms. The van der Waals surface area contributed by atoms with Crippen molar-refractivity contribution in [1.82, 2.24) is 0 Å². The van der Waals surface area contributed by atoms with E-state index in [9.17, 15) is 9.59 Å². The quantitative estimate of drug-likeness (QED) is 0.463. The van der Waals surface area contributed by atoms with Crippen molar-refractivity contribution >= 4 is 11.9 Å². The topological polar surface area (TPSA) is 63.6 Å². The van der Waals surface area contributed by atoms with Crippen LogP contribution < -0.4 is 0 Å². The molecule has 0 saturated carbocycles. The van der Waals surface area contributed by atoms with Crippen molar-refractivity contribution in [3.8, 4) is 0 Å². The van der Waals surface area contributed by atoms with Crippen molar-refractivity contribution < 1.29 is 19.4 Å². The molecule has 0 aromatic rings. The van der Waals surface area contributed by atoms with Crippen LogP contribution in [0.2, 0.25) is 0 Å². The second-order valence-corrected chi connectivity index (χ2v) is 1.70. The summed E-state index contributed by atoms with van der Waals surface area (Å²) in [4.78, 5) is 20.1. The molecular weight excluding hydrogens is 136 g/mol. The predicted octanol–water partition coefficient (Wildman–Crippen LogP) is 0.538. The summed E-state index contributed by atoms with van der Waals surface area (Å²) in [6.07, 6.45) is -0.334. The van der Waals surface area contributed by atoms with Gasteiger partial charge in [-0.15, -0.1) is 0 Å². The van der Waals surface area contributed by atoms with E-state index in [1.807, 2.05) is 0 Å². The molecule has 0 fully saturated rings. The first-order valence-corrected chi connectivity index (χ1v) is 2.60. The highest BCUT2D eigenvalue weighted by Gasteiger charge is 2.03. The van der Waals surface area contributed by atoms with Crippen LogP contribution in [0.25, 0.3) is 0 Å². The molecule has 4 nitrogen and oxygen atoms in total. The van der Waals surface area contributed by atoms with E-state index in [0.717, 1.165) is 0 Å². The molecule has 0 saturated heterocycles. The van der Waals surface area contributed by atoms with Gasteiger partial charge in [0.05, 0.1) is 0 Å². The lowest BCUT2D eigenvalue weighted by Gasteiger charge is -1.99. The van der Waals surface area contributed by atoms with E-state index < -0.39 is 11.9 Å². The third kappa shape index (κ3) is 4.83. The third-order valence-electron chi connectivity index (χ3n) is 0.636. The van der Waals surface area contributed by atoms with Crippen LogP contribution >= 0.6 is 0 Å². The zero-order valence-corrected chi connectivity index (χ0v) is 5.59. The summed E-state index contributed by atoms with van der Waals surface area (Å²) in [6, 6.07) is 0. The van der Waals surface area contributed by atoms with Gasteiger partial charge in [-0.2, -0.15) is 0 Å². The summed E-state index contributed by atoms with van der Waals surface area (Å²) >= 11 is 0. The third-order valence-corrected chi connectivity index (χ3v) is 0.636. The first-order valence-electron chi connectivity index (χ1n) is 2.60. The Kier molecular flexibility index (Phi) is 3.17. The normalized spacial score (nSPS) is 8.50. The van der Waals surface area contributed by atoms with Gasteiger partial charge in [-0.05, 0) is 0 Å². The summed E-state index contributed by atoms with van der Waals surface area (Å²) < 4.78 is 4.35. The van der Waals surface area contributed by atoms with E-state index in [1.54, 1.807) is 0 Å². The average molecular weight is 144 g/mol. The Morgan fingerprint density at radius 2 is 2.10 bits per heavy atom. The molecule has 1 N–H and O–H groups in total. The summed E-state index contributed by atoms with van der Waals surface area (Å²) in [5.41, 5.74) is 0. The summed E-state index contributed by atoms with van der Waals surface area (Å²) in [6.45, 7) is 4.40. The summed E-state index contributed by atoms with van der Waals surface area (Å²) in [5.74, 6) is -1.66. The lowest BCUT2D eigenvalue weighted by molar-refractivity contribution is -0.140. The molecule has 0 aromatic carbocycles. The van der Waals surface area contributed by atoms with Crippen LogP contribution in [0.3, 0.4) is 0 Å². The van der Waals surface area contributed by atoms with Gasteiger partial charge in [0.15, 0.2) is 0 Å². The van der Waals surface area contributed by atoms with E-state index in [0.29, 0.717) is 0 Å². The lowest BCUT2D eigenvalue weighted by Crippen LogP contribution is -2.03. The molecule has 0 bridgehead atoms. The number of carbonyl (C=O) groups excluding carboxylic acids is 1. The maximum atomic E-state index is 10.2. The fourth-order valence-electron chi connectivity index (χ4n) is 0.408. The van der Waals surface area contributed by atoms with E-state index in [1.165, 1.54) is 6.92 Å². The molecule has 0 heterocycles. The maximum absolute atomic E-state index is 10.2. The first-order chi connectivity index (χ1) is 4.52. The lowest BCUT2D eigenvalue weighted by atomic mass is 10.4. The van der Waals surface area contributed by atoms with Gasteiger partial charge in [0.25, 0.3) is 0 Å². The molecular formula is C6H8O4. The molecule has 10 heavy (non-hydrogen) atoms. The van der Waals surface area contributed by atoms with E-state index in [4.69, 9.17) is 5.11 Å². The minimum absolute atomic E-state index is 0.0417. The Hall–Kier alpha value is -1.32. The molecule has 0 aliphatic carbocycles. The summed E-state index contributed by atoms with van der Waals surface area (Å²) in [7, 11) is 0. The van der Waals surface area contributed by atoms with Crippen molar-refractivity contribution in [2.45, 2.75) is 13.3 Å². The highest BCUT2D eigenvalue weighted by molar-refractivity contribution is 5.72. The number of carboxylic acids is 1. The van der Waals surface area contributed by atoms with E-state index in [-0.39, 0.29) is 12.2 Å². The number of aliphatic carboxylic acids is 1. The van der Waals surface area contributed by atoms with Crippen LogP contribution in [-0.4, -0.2) is 17.0 Å². The van der Waals surface area contributed by atoms with Gasteiger partial charge >= 0.3 is 11.9 Å². The van der Waals surface area contributed by atoms with Crippen molar-refractivity contribution in [2.24, 2.45) is 0 Å². The average Bonchev–Trinajstić information content (AvgIpc) is 1.58. The van der Waals surface area contributed by atoms with Crippen molar-refractivity contribution in [2.75, 3.05) is 0 Å². The van der Waals surface area contributed by atoms with E-state index >= 15 is 0 Å². The van der Waals surface area contributed by atoms with Crippen LogP contribution in [0.5, 0.6) is 0 Å².